The second-order valence-corrected chi connectivity index (χ2v) is 5.49. The maximum atomic E-state index is 13.7. The normalized spacial score (nSPS) is 17.3. The minimum atomic E-state index is -0.396. The van der Waals surface area contributed by atoms with Crippen LogP contribution in [-0.2, 0) is 0 Å². The Kier molecular flexibility index (Phi) is 5.50. The smallest absolute Gasteiger partial charge is 0.167 e. The summed E-state index contributed by atoms with van der Waals surface area (Å²) in [4.78, 5) is 0. The van der Waals surface area contributed by atoms with Gasteiger partial charge >= 0.3 is 0 Å². The zero-order valence-electron chi connectivity index (χ0n) is 12.3. The van der Waals surface area contributed by atoms with Crippen LogP contribution in [0.2, 0.25) is 0 Å². The molecule has 3 N–H and O–H groups in total. The lowest BCUT2D eigenvalue weighted by Gasteiger charge is -2.23. The molecule has 1 aromatic rings. The largest absolute Gasteiger partial charge is 0.491 e. The minimum Gasteiger partial charge on any atom is -0.491 e. The van der Waals surface area contributed by atoms with Crippen LogP contribution < -0.4 is 15.8 Å². The average molecular weight is 280 g/mol. The Labute approximate surface area is 120 Å². The second kappa shape index (κ2) is 7.36. The molecule has 0 atom stereocenters. The van der Waals surface area contributed by atoms with E-state index in [1.807, 2.05) is 6.92 Å². The Morgan fingerprint density at radius 1 is 1.20 bits per heavy atom. The molecule has 1 aliphatic rings. The number of nitrogens with two attached hydrogens (primary N) is 1. The number of benzene rings is 1. The molecule has 0 bridgehead atoms. The molecule has 0 aromatic heterocycles. The maximum Gasteiger partial charge on any atom is 0.167 e. The molecule has 1 aromatic carbocycles. The summed E-state index contributed by atoms with van der Waals surface area (Å²) in [6.07, 6.45) is 8.76. The van der Waals surface area contributed by atoms with Gasteiger partial charge in [0.05, 0.1) is 18.0 Å². The van der Waals surface area contributed by atoms with E-state index in [9.17, 15) is 4.39 Å². The number of hydrogen-bond acceptors (Lipinski definition) is 3. The molecule has 1 aliphatic carbocycles. The summed E-state index contributed by atoms with van der Waals surface area (Å²) in [7, 11) is 0. The second-order valence-electron chi connectivity index (χ2n) is 5.49. The third-order valence-corrected chi connectivity index (χ3v) is 3.87. The van der Waals surface area contributed by atoms with E-state index in [1.54, 1.807) is 6.07 Å². The van der Waals surface area contributed by atoms with Crippen LogP contribution >= 0.6 is 0 Å². The number of anilines is 2. The first-order chi connectivity index (χ1) is 9.70. The van der Waals surface area contributed by atoms with Gasteiger partial charge in [-0.3, -0.25) is 0 Å². The Morgan fingerprint density at radius 2 is 1.85 bits per heavy atom. The summed E-state index contributed by atoms with van der Waals surface area (Å²) in [5.74, 6) is -0.123. The molecular weight excluding hydrogens is 255 g/mol. The van der Waals surface area contributed by atoms with Crippen molar-refractivity contribution in [3.8, 4) is 5.75 Å². The van der Waals surface area contributed by atoms with Gasteiger partial charge in [0.25, 0.3) is 0 Å². The van der Waals surface area contributed by atoms with Gasteiger partial charge in [0.15, 0.2) is 11.6 Å². The molecule has 0 saturated heterocycles. The van der Waals surface area contributed by atoms with E-state index < -0.39 is 5.82 Å². The van der Waals surface area contributed by atoms with Crippen molar-refractivity contribution in [1.82, 2.24) is 0 Å². The van der Waals surface area contributed by atoms with Crippen molar-refractivity contribution in [2.75, 3.05) is 17.7 Å². The summed E-state index contributed by atoms with van der Waals surface area (Å²) in [5.41, 5.74) is 7.16. The van der Waals surface area contributed by atoms with Crippen molar-refractivity contribution in [2.24, 2.45) is 0 Å². The van der Waals surface area contributed by atoms with Crippen LogP contribution in [0.25, 0.3) is 0 Å². The van der Waals surface area contributed by atoms with Crippen LogP contribution in [0.3, 0.4) is 0 Å². The molecule has 1 saturated carbocycles. The van der Waals surface area contributed by atoms with Crippen LogP contribution in [0.5, 0.6) is 5.75 Å². The quantitative estimate of drug-likeness (QED) is 0.807. The fourth-order valence-corrected chi connectivity index (χ4v) is 2.78. The van der Waals surface area contributed by atoms with Gasteiger partial charge in [-0.1, -0.05) is 32.1 Å². The molecule has 3 nitrogen and oxygen atoms in total. The Hall–Kier alpha value is -1.45. The number of nitrogens with one attached hydrogen (secondary N) is 1. The topological polar surface area (TPSA) is 47.3 Å². The molecule has 0 amide bonds. The lowest BCUT2D eigenvalue weighted by molar-refractivity contribution is 0.322. The summed E-state index contributed by atoms with van der Waals surface area (Å²) in [5, 5.41) is 3.47. The summed E-state index contributed by atoms with van der Waals surface area (Å²) >= 11 is 0. The highest BCUT2D eigenvalue weighted by Crippen LogP contribution is 2.30. The van der Waals surface area contributed by atoms with E-state index in [4.69, 9.17) is 10.5 Å². The molecule has 112 valence electrons. The lowest BCUT2D eigenvalue weighted by Crippen LogP contribution is -2.21. The van der Waals surface area contributed by atoms with Gasteiger partial charge in [-0.2, -0.15) is 0 Å². The highest BCUT2D eigenvalue weighted by molar-refractivity contribution is 5.69. The minimum absolute atomic E-state index is 0.273. The van der Waals surface area contributed by atoms with Crippen LogP contribution in [0.1, 0.15) is 51.9 Å². The maximum absolute atomic E-state index is 13.7. The zero-order valence-corrected chi connectivity index (χ0v) is 12.3. The predicted octanol–water partition coefficient (Wildman–Crippen LogP) is 4.33. The third-order valence-electron chi connectivity index (χ3n) is 3.87. The molecule has 0 radical (unpaired) electrons. The Morgan fingerprint density at radius 3 is 2.50 bits per heavy atom. The summed E-state index contributed by atoms with van der Waals surface area (Å²) in [6.45, 7) is 2.29. The first-order valence-electron chi connectivity index (χ1n) is 7.69. The highest BCUT2D eigenvalue weighted by Gasteiger charge is 2.14. The summed E-state index contributed by atoms with van der Waals surface area (Å²) in [6, 6.07) is 3.46. The molecule has 0 aliphatic heterocycles. The van der Waals surface area contributed by atoms with Crippen LogP contribution in [0, 0.1) is 5.82 Å². The Bertz CT molecular complexity index is 429. The molecule has 1 fully saturated rings. The molecular formula is C16H25FN2O. The first-order valence-corrected chi connectivity index (χ1v) is 7.69. The van der Waals surface area contributed by atoms with Crippen LogP contribution in [0.4, 0.5) is 15.8 Å². The third kappa shape index (κ3) is 4.02. The van der Waals surface area contributed by atoms with E-state index in [0.29, 0.717) is 18.3 Å². The van der Waals surface area contributed by atoms with Gasteiger partial charge in [-0.15, -0.1) is 0 Å². The monoisotopic (exact) mass is 280 g/mol. The van der Waals surface area contributed by atoms with Crippen molar-refractivity contribution in [2.45, 2.75) is 57.9 Å². The van der Waals surface area contributed by atoms with E-state index in [1.165, 1.54) is 38.2 Å². The van der Waals surface area contributed by atoms with E-state index >= 15 is 0 Å². The zero-order chi connectivity index (χ0) is 14.4. The van der Waals surface area contributed by atoms with Gasteiger partial charge in [0.1, 0.15) is 0 Å². The SMILES string of the molecule is CCOc1cc(NC2CCCCCCC2)c(N)cc1F. The van der Waals surface area contributed by atoms with Gasteiger partial charge in [-0.25, -0.2) is 4.39 Å². The number of halogens is 1. The molecule has 0 heterocycles. The number of ether oxygens (including phenoxy) is 1. The van der Waals surface area contributed by atoms with Gasteiger partial charge in [-0.05, 0) is 19.8 Å². The van der Waals surface area contributed by atoms with Crippen LogP contribution in [0.15, 0.2) is 12.1 Å². The van der Waals surface area contributed by atoms with E-state index in [2.05, 4.69) is 5.32 Å². The van der Waals surface area contributed by atoms with Gasteiger partial charge < -0.3 is 15.8 Å². The lowest BCUT2D eigenvalue weighted by atomic mass is 9.96. The predicted molar refractivity (Wildman–Crippen MR) is 81.7 cm³/mol. The van der Waals surface area contributed by atoms with E-state index in [-0.39, 0.29) is 5.75 Å². The van der Waals surface area contributed by atoms with Crippen molar-refractivity contribution in [3.05, 3.63) is 17.9 Å². The van der Waals surface area contributed by atoms with Crippen molar-refractivity contribution in [1.29, 1.82) is 0 Å². The van der Waals surface area contributed by atoms with Gasteiger partial charge in [0, 0.05) is 18.2 Å². The molecule has 20 heavy (non-hydrogen) atoms. The first kappa shape index (κ1) is 14.9. The van der Waals surface area contributed by atoms with Crippen LogP contribution in [-0.4, -0.2) is 12.6 Å². The molecule has 0 spiro atoms. The average Bonchev–Trinajstić information content (AvgIpc) is 2.38. The highest BCUT2D eigenvalue weighted by atomic mass is 19.1. The Balaban J connectivity index is 2.08. The fourth-order valence-electron chi connectivity index (χ4n) is 2.78. The molecule has 4 heteroatoms. The van der Waals surface area contributed by atoms with Crippen molar-refractivity contribution in [3.63, 3.8) is 0 Å². The van der Waals surface area contributed by atoms with E-state index in [0.717, 1.165) is 18.5 Å². The van der Waals surface area contributed by atoms with Gasteiger partial charge in [0.2, 0.25) is 0 Å². The standard InChI is InChI=1S/C16H25FN2O/c1-2-20-16-11-15(14(18)10-13(16)17)19-12-8-6-4-3-5-7-9-12/h10-12,19H,2-9,18H2,1H3. The fraction of sp³-hybridized carbons (Fsp3) is 0.625. The number of rotatable bonds is 4. The molecule has 0 unspecified atom stereocenters. The summed E-state index contributed by atoms with van der Waals surface area (Å²) < 4.78 is 19.0. The number of hydrogen-bond donors (Lipinski definition) is 2. The molecule has 2 rings (SSSR count). The van der Waals surface area contributed by atoms with Crippen molar-refractivity contribution < 1.29 is 9.13 Å². The number of nitrogen functional groups attached to an aromatic ring is 1. The van der Waals surface area contributed by atoms with Crippen molar-refractivity contribution >= 4 is 11.4 Å².